The first-order valence-corrected chi connectivity index (χ1v) is 7.08. The molecule has 2 rings (SSSR count). The average Bonchev–Trinajstić information content (AvgIpc) is 2.77. The van der Waals surface area contributed by atoms with Gasteiger partial charge in [0.2, 0.25) is 0 Å². The minimum Gasteiger partial charge on any atom is -0.396 e. The van der Waals surface area contributed by atoms with E-state index in [2.05, 4.69) is 23.5 Å². The summed E-state index contributed by atoms with van der Waals surface area (Å²) in [5, 5.41) is 17.2. The monoisotopic (exact) mass is 251 g/mol. The lowest BCUT2D eigenvalue weighted by atomic mass is 9.86. The summed E-state index contributed by atoms with van der Waals surface area (Å²) in [7, 11) is 1.98. The van der Waals surface area contributed by atoms with Crippen molar-refractivity contribution in [2.45, 2.75) is 51.6 Å². The zero-order chi connectivity index (χ0) is 13.0. The van der Waals surface area contributed by atoms with Gasteiger partial charge < -0.3 is 10.4 Å². The standard InChI is InChI=1S/C14H25N3O/c1-3-14-12(9-17(2)16-14)8-15-13-6-4-11(10-18)5-7-13/h9,11,13,15,18H,3-8,10H2,1-2H3. The molecule has 1 fully saturated rings. The van der Waals surface area contributed by atoms with E-state index in [9.17, 15) is 0 Å². The van der Waals surface area contributed by atoms with Gasteiger partial charge in [-0.2, -0.15) is 5.10 Å². The van der Waals surface area contributed by atoms with Crippen molar-refractivity contribution >= 4 is 0 Å². The van der Waals surface area contributed by atoms with Gasteiger partial charge in [-0.1, -0.05) is 6.92 Å². The highest BCUT2D eigenvalue weighted by atomic mass is 16.3. The molecule has 4 nitrogen and oxygen atoms in total. The molecule has 0 spiro atoms. The molecule has 0 amide bonds. The number of aliphatic hydroxyl groups excluding tert-OH is 1. The van der Waals surface area contributed by atoms with Crippen molar-refractivity contribution in [3.8, 4) is 0 Å². The molecule has 1 aromatic heterocycles. The summed E-state index contributed by atoms with van der Waals surface area (Å²) in [4.78, 5) is 0. The van der Waals surface area contributed by atoms with Crippen LogP contribution in [0.4, 0.5) is 0 Å². The molecule has 102 valence electrons. The lowest BCUT2D eigenvalue weighted by Gasteiger charge is -2.28. The van der Waals surface area contributed by atoms with E-state index in [-0.39, 0.29) is 0 Å². The van der Waals surface area contributed by atoms with Crippen molar-refractivity contribution < 1.29 is 5.11 Å². The molecule has 4 heteroatoms. The van der Waals surface area contributed by atoms with Gasteiger partial charge in [0.25, 0.3) is 0 Å². The van der Waals surface area contributed by atoms with Crippen molar-refractivity contribution in [1.29, 1.82) is 0 Å². The fourth-order valence-electron chi connectivity index (χ4n) is 2.83. The van der Waals surface area contributed by atoms with Crippen LogP contribution in [-0.4, -0.2) is 27.5 Å². The number of aromatic nitrogens is 2. The molecule has 18 heavy (non-hydrogen) atoms. The lowest BCUT2D eigenvalue weighted by molar-refractivity contribution is 0.175. The summed E-state index contributed by atoms with van der Waals surface area (Å²) in [6, 6.07) is 0.609. The predicted molar refractivity (Wildman–Crippen MR) is 72.3 cm³/mol. The van der Waals surface area contributed by atoms with Crippen LogP contribution in [0.25, 0.3) is 0 Å². The first kappa shape index (κ1) is 13.6. The molecule has 1 heterocycles. The number of nitrogens with zero attached hydrogens (tertiary/aromatic N) is 2. The summed E-state index contributed by atoms with van der Waals surface area (Å²) < 4.78 is 1.90. The quantitative estimate of drug-likeness (QED) is 0.836. The second kappa shape index (κ2) is 6.34. The fraction of sp³-hybridized carbons (Fsp3) is 0.786. The Bertz CT molecular complexity index is 367. The van der Waals surface area contributed by atoms with Crippen LogP contribution in [0.3, 0.4) is 0 Å². The third kappa shape index (κ3) is 3.33. The van der Waals surface area contributed by atoms with Gasteiger partial charge in [-0.3, -0.25) is 4.68 Å². The molecular formula is C14H25N3O. The minimum absolute atomic E-state index is 0.356. The van der Waals surface area contributed by atoms with Gasteiger partial charge in [0, 0.05) is 38.0 Å². The van der Waals surface area contributed by atoms with Crippen LogP contribution in [-0.2, 0) is 20.0 Å². The van der Waals surface area contributed by atoms with E-state index >= 15 is 0 Å². The molecule has 0 atom stereocenters. The lowest BCUT2D eigenvalue weighted by Crippen LogP contribution is -2.33. The second-order valence-electron chi connectivity index (χ2n) is 5.41. The van der Waals surface area contributed by atoms with Gasteiger partial charge in [-0.15, -0.1) is 0 Å². The predicted octanol–water partition coefficient (Wildman–Crippen LogP) is 1.62. The van der Waals surface area contributed by atoms with Crippen molar-refractivity contribution in [3.63, 3.8) is 0 Å². The summed E-state index contributed by atoms with van der Waals surface area (Å²) in [6.45, 7) is 3.43. The normalized spacial score (nSPS) is 24.4. The van der Waals surface area contributed by atoms with Gasteiger partial charge >= 0.3 is 0 Å². The van der Waals surface area contributed by atoms with Crippen LogP contribution in [0.5, 0.6) is 0 Å². The Kier molecular flexibility index (Phi) is 4.78. The number of hydrogen-bond acceptors (Lipinski definition) is 3. The molecular weight excluding hydrogens is 226 g/mol. The molecule has 0 aromatic carbocycles. The van der Waals surface area contributed by atoms with Gasteiger partial charge in [-0.25, -0.2) is 0 Å². The van der Waals surface area contributed by atoms with E-state index in [4.69, 9.17) is 5.11 Å². The Morgan fingerprint density at radius 3 is 2.72 bits per heavy atom. The van der Waals surface area contributed by atoms with Crippen LogP contribution in [0, 0.1) is 5.92 Å². The Morgan fingerprint density at radius 2 is 2.11 bits per heavy atom. The summed E-state index contributed by atoms with van der Waals surface area (Å²) >= 11 is 0. The van der Waals surface area contributed by atoms with Crippen LogP contribution in [0.15, 0.2) is 6.20 Å². The van der Waals surface area contributed by atoms with Crippen molar-refractivity contribution in [3.05, 3.63) is 17.5 Å². The minimum atomic E-state index is 0.356. The Balaban J connectivity index is 1.81. The van der Waals surface area contributed by atoms with Crippen LogP contribution in [0.2, 0.25) is 0 Å². The van der Waals surface area contributed by atoms with Gasteiger partial charge in [0.15, 0.2) is 0 Å². The molecule has 0 aliphatic heterocycles. The highest BCUT2D eigenvalue weighted by Gasteiger charge is 2.20. The molecule has 0 radical (unpaired) electrons. The largest absolute Gasteiger partial charge is 0.396 e. The average molecular weight is 251 g/mol. The number of aryl methyl sites for hydroxylation is 2. The number of rotatable bonds is 5. The van der Waals surface area contributed by atoms with E-state index in [1.54, 1.807) is 0 Å². The molecule has 0 unspecified atom stereocenters. The Morgan fingerprint density at radius 1 is 1.39 bits per heavy atom. The van der Waals surface area contributed by atoms with E-state index in [1.807, 2.05) is 11.7 Å². The van der Waals surface area contributed by atoms with Gasteiger partial charge in [-0.05, 0) is 38.0 Å². The highest BCUT2D eigenvalue weighted by Crippen LogP contribution is 2.24. The van der Waals surface area contributed by atoms with E-state index in [0.717, 1.165) is 25.8 Å². The maximum absolute atomic E-state index is 9.12. The second-order valence-corrected chi connectivity index (χ2v) is 5.41. The molecule has 1 saturated carbocycles. The Labute approximate surface area is 109 Å². The van der Waals surface area contributed by atoms with Gasteiger partial charge in [0.05, 0.1) is 5.69 Å². The molecule has 1 aliphatic rings. The summed E-state index contributed by atoms with van der Waals surface area (Å²) in [6.07, 6.45) is 7.80. The first-order chi connectivity index (χ1) is 8.72. The highest BCUT2D eigenvalue weighted by molar-refractivity contribution is 5.16. The fourth-order valence-corrected chi connectivity index (χ4v) is 2.83. The van der Waals surface area contributed by atoms with E-state index in [0.29, 0.717) is 18.6 Å². The van der Waals surface area contributed by atoms with Crippen LogP contribution < -0.4 is 5.32 Å². The molecule has 0 saturated heterocycles. The molecule has 1 aromatic rings. The smallest absolute Gasteiger partial charge is 0.0666 e. The van der Waals surface area contributed by atoms with Crippen LogP contribution >= 0.6 is 0 Å². The topological polar surface area (TPSA) is 50.1 Å². The number of aliphatic hydroxyl groups is 1. The van der Waals surface area contributed by atoms with E-state index in [1.165, 1.54) is 24.1 Å². The third-order valence-electron chi connectivity index (χ3n) is 4.01. The van der Waals surface area contributed by atoms with Gasteiger partial charge in [0.1, 0.15) is 0 Å². The molecule has 0 bridgehead atoms. The molecule has 1 aliphatic carbocycles. The number of hydrogen-bond donors (Lipinski definition) is 2. The van der Waals surface area contributed by atoms with Crippen LogP contribution in [0.1, 0.15) is 43.9 Å². The molecule has 2 N–H and O–H groups in total. The summed E-state index contributed by atoms with van der Waals surface area (Å²) in [5.41, 5.74) is 2.53. The maximum Gasteiger partial charge on any atom is 0.0666 e. The zero-order valence-electron chi connectivity index (χ0n) is 11.5. The van der Waals surface area contributed by atoms with Crippen molar-refractivity contribution in [2.24, 2.45) is 13.0 Å². The third-order valence-corrected chi connectivity index (χ3v) is 4.01. The van der Waals surface area contributed by atoms with Crippen molar-refractivity contribution in [1.82, 2.24) is 15.1 Å². The maximum atomic E-state index is 9.12. The first-order valence-electron chi connectivity index (χ1n) is 7.08. The summed E-state index contributed by atoms with van der Waals surface area (Å²) in [5.74, 6) is 0.535. The Hall–Kier alpha value is -0.870. The zero-order valence-corrected chi connectivity index (χ0v) is 11.5. The van der Waals surface area contributed by atoms with E-state index < -0.39 is 0 Å². The van der Waals surface area contributed by atoms with Crippen molar-refractivity contribution in [2.75, 3.05) is 6.61 Å². The number of nitrogens with one attached hydrogen (secondary N) is 1. The SMILES string of the molecule is CCc1nn(C)cc1CNC1CCC(CO)CC1.